The van der Waals surface area contributed by atoms with E-state index >= 15 is 0 Å². The Balaban J connectivity index is 1.81. The minimum absolute atomic E-state index is 0.291. The monoisotopic (exact) mass is 469 g/mol. The van der Waals surface area contributed by atoms with E-state index in [1.165, 1.54) is 0 Å². The summed E-state index contributed by atoms with van der Waals surface area (Å²) in [6.07, 6.45) is 1.72. The lowest BCUT2D eigenvalue weighted by molar-refractivity contribution is -0.114. The fraction of sp³-hybridized carbons (Fsp3) is 0.250. The number of hydrogen-bond donors (Lipinski definition) is 2. The Morgan fingerprint density at radius 1 is 0.970 bits per heavy atom. The van der Waals surface area contributed by atoms with Crippen molar-refractivity contribution in [1.29, 1.82) is 0 Å². The van der Waals surface area contributed by atoms with Crippen molar-refractivity contribution in [3.8, 4) is 0 Å². The first-order valence-corrected chi connectivity index (χ1v) is 12.3. The van der Waals surface area contributed by atoms with E-state index in [1.807, 2.05) is 30.3 Å². The molecule has 0 fully saturated rings. The summed E-state index contributed by atoms with van der Waals surface area (Å²) in [7, 11) is -2.17. The van der Waals surface area contributed by atoms with Crippen LogP contribution >= 0.6 is 0 Å². The van der Waals surface area contributed by atoms with Crippen molar-refractivity contribution in [1.82, 2.24) is 5.32 Å². The van der Waals surface area contributed by atoms with Gasteiger partial charge >= 0.3 is 0 Å². The van der Waals surface area contributed by atoms with E-state index in [2.05, 4.69) is 10.6 Å². The first-order valence-electron chi connectivity index (χ1n) is 10.4. The Labute approximate surface area is 193 Å². The molecule has 33 heavy (non-hydrogen) atoms. The number of methoxy groups -OCH3 is 1. The van der Waals surface area contributed by atoms with Crippen LogP contribution in [0, 0.1) is 0 Å². The Kier molecular flexibility index (Phi) is 8.02. The molecular formula is C24H27N3O5S. The maximum absolute atomic E-state index is 12.9. The molecular weight excluding hydrogens is 442 g/mol. The molecule has 0 heterocycles. The van der Waals surface area contributed by atoms with Gasteiger partial charge in [0.2, 0.25) is 15.9 Å². The summed E-state index contributed by atoms with van der Waals surface area (Å²) in [6.45, 7) is 0.517. The molecule has 3 aromatic rings. The van der Waals surface area contributed by atoms with E-state index in [0.717, 1.165) is 15.9 Å². The average Bonchev–Trinajstić information content (AvgIpc) is 2.79. The van der Waals surface area contributed by atoms with Gasteiger partial charge in [0.15, 0.2) is 0 Å². The van der Waals surface area contributed by atoms with Gasteiger partial charge in [0, 0.05) is 25.6 Å². The van der Waals surface area contributed by atoms with Gasteiger partial charge in [0.05, 0.1) is 23.2 Å². The highest BCUT2D eigenvalue weighted by Gasteiger charge is 2.23. The molecule has 0 aromatic heterocycles. The summed E-state index contributed by atoms with van der Waals surface area (Å²) in [6, 6.07) is 19.2. The predicted octanol–water partition coefficient (Wildman–Crippen LogP) is 3.01. The first kappa shape index (κ1) is 24.2. The van der Waals surface area contributed by atoms with E-state index in [-0.39, 0.29) is 5.91 Å². The molecule has 174 valence electrons. The van der Waals surface area contributed by atoms with Crippen LogP contribution in [0.5, 0.6) is 0 Å². The summed E-state index contributed by atoms with van der Waals surface area (Å²) < 4.78 is 31.2. The number of ether oxygens (including phenoxy) is 1. The number of anilines is 2. The van der Waals surface area contributed by atoms with Crippen LogP contribution in [0.25, 0.3) is 10.8 Å². The number of carbonyl (C=O) groups is 2. The minimum atomic E-state index is -3.76. The Bertz CT molecular complexity index is 1240. The molecule has 0 aliphatic heterocycles. The first-order chi connectivity index (χ1) is 15.8. The number of nitrogens with zero attached hydrogens (tertiary/aromatic N) is 1. The number of amides is 2. The van der Waals surface area contributed by atoms with E-state index < -0.39 is 22.5 Å². The van der Waals surface area contributed by atoms with Crippen molar-refractivity contribution in [3.05, 3.63) is 72.3 Å². The zero-order valence-electron chi connectivity index (χ0n) is 18.6. The van der Waals surface area contributed by atoms with E-state index in [4.69, 9.17) is 4.74 Å². The summed E-state index contributed by atoms with van der Waals surface area (Å²) in [5.74, 6) is -0.899. The second-order valence-corrected chi connectivity index (χ2v) is 9.37. The third-order valence-corrected chi connectivity index (χ3v) is 6.11. The van der Waals surface area contributed by atoms with Crippen molar-refractivity contribution in [3.63, 3.8) is 0 Å². The molecule has 0 bridgehead atoms. The average molecular weight is 470 g/mol. The van der Waals surface area contributed by atoms with Gasteiger partial charge in [-0.05, 0) is 30.0 Å². The lowest BCUT2D eigenvalue weighted by Gasteiger charge is -2.23. The molecule has 0 radical (unpaired) electrons. The summed E-state index contributed by atoms with van der Waals surface area (Å²) in [5, 5.41) is 7.04. The van der Waals surface area contributed by atoms with Gasteiger partial charge in [0.1, 0.15) is 6.54 Å². The largest absolute Gasteiger partial charge is 0.385 e. The second kappa shape index (κ2) is 10.9. The van der Waals surface area contributed by atoms with E-state index in [9.17, 15) is 18.0 Å². The van der Waals surface area contributed by atoms with Gasteiger partial charge in [-0.25, -0.2) is 8.42 Å². The Hall–Kier alpha value is -3.43. The lowest BCUT2D eigenvalue weighted by atomic mass is 10.1. The highest BCUT2D eigenvalue weighted by molar-refractivity contribution is 7.92. The maximum Gasteiger partial charge on any atom is 0.253 e. The topological polar surface area (TPSA) is 105 Å². The van der Waals surface area contributed by atoms with Crippen LogP contribution in [0.15, 0.2) is 66.7 Å². The molecule has 3 rings (SSSR count). The van der Waals surface area contributed by atoms with Gasteiger partial charge in [-0.3, -0.25) is 13.9 Å². The number of hydrogen-bond acceptors (Lipinski definition) is 5. The van der Waals surface area contributed by atoms with E-state index in [0.29, 0.717) is 41.9 Å². The number of sulfonamides is 1. The van der Waals surface area contributed by atoms with Crippen LogP contribution in [0.4, 0.5) is 11.4 Å². The highest BCUT2D eigenvalue weighted by Crippen LogP contribution is 2.28. The number of para-hydroxylation sites is 1. The van der Waals surface area contributed by atoms with Crippen molar-refractivity contribution in [2.75, 3.05) is 42.7 Å². The molecule has 0 saturated carbocycles. The van der Waals surface area contributed by atoms with Crippen molar-refractivity contribution >= 4 is 44.0 Å². The maximum atomic E-state index is 12.9. The quantitative estimate of drug-likeness (QED) is 0.444. The van der Waals surface area contributed by atoms with Gasteiger partial charge in [-0.15, -0.1) is 0 Å². The molecule has 0 atom stereocenters. The summed E-state index contributed by atoms with van der Waals surface area (Å²) in [4.78, 5) is 25.4. The zero-order valence-corrected chi connectivity index (χ0v) is 19.4. The fourth-order valence-corrected chi connectivity index (χ4v) is 4.30. The molecule has 0 spiro atoms. The number of benzene rings is 3. The zero-order chi connectivity index (χ0) is 23.8. The third kappa shape index (κ3) is 6.30. The number of nitrogens with one attached hydrogen (secondary N) is 2. The number of fused-ring (bicyclic) bond motifs is 1. The summed E-state index contributed by atoms with van der Waals surface area (Å²) >= 11 is 0. The van der Waals surface area contributed by atoms with Crippen LogP contribution in [0.3, 0.4) is 0 Å². The van der Waals surface area contributed by atoms with Crippen LogP contribution in [-0.4, -0.2) is 53.3 Å². The van der Waals surface area contributed by atoms with Crippen LogP contribution in [-0.2, 0) is 19.6 Å². The molecule has 2 amide bonds. The Morgan fingerprint density at radius 2 is 1.67 bits per heavy atom. The molecule has 0 unspecified atom stereocenters. The molecule has 3 aromatic carbocycles. The van der Waals surface area contributed by atoms with E-state index in [1.54, 1.807) is 43.5 Å². The lowest BCUT2D eigenvalue weighted by Crippen LogP contribution is -2.38. The predicted molar refractivity (Wildman–Crippen MR) is 130 cm³/mol. The van der Waals surface area contributed by atoms with Gasteiger partial charge in [-0.2, -0.15) is 0 Å². The molecule has 9 heteroatoms. The fourth-order valence-electron chi connectivity index (χ4n) is 3.43. The van der Waals surface area contributed by atoms with Crippen molar-refractivity contribution < 1.29 is 22.7 Å². The SMILES string of the molecule is COCCCNC(=O)c1ccccc1NC(=O)CN(c1cccc2ccccc12)S(C)(=O)=O. The highest BCUT2D eigenvalue weighted by atomic mass is 32.2. The second-order valence-electron chi connectivity index (χ2n) is 7.46. The minimum Gasteiger partial charge on any atom is -0.385 e. The summed E-state index contributed by atoms with van der Waals surface area (Å²) in [5.41, 5.74) is 1.01. The third-order valence-electron chi connectivity index (χ3n) is 4.98. The molecule has 0 aliphatic carbocycles. The standard InChI is InChI=1S/C24H27N3O5S/c1-32-16-8-15-25-24(29)20-12-5-6-13-21(20)26-23(28)17-27(33(2,30)31)22-14-7-10-18-9-3-4-11-19(18)22/h3-7,9-14H,8,15-17H2,1-2H3,(H,25,29)(H,26,28). The van der Waals surface area contributed by atoms with Crippen LogP contribution < -0.4 is 14.9 Å². The van der Waals surface area contributed by atoms with Gasteiger partial charge in [0.25, 0.3) is 5.91 Å². The van der Waals surface area contributed by atoms with Crippen molar-refractivity contribution in [2.24, 2.45) is 0 Å². The molecule has 8 nitrogen and oxygen atoms in total. The van der Waals surface area contributed by atoms with Crippen LogP contribution in [0.2, 0.25) is 0 Å². The molecule has 0 saturated heterocycles. The van der Waals surface area contributed by atoms with Crippen LogP contribution in [0.1, 0.15) is 16.8 Å². The van der Waals surface area contributed by atoms with Gasteiger partial charge in [-0.1, -0.05) is 48.5 Å². The number of rotatable bonds is 10. The Morgan fingerprint density at radius 3 is 2.42 bits per heavy atom. The number of carbonyl (C=O) groups excluding carboxylic acids is 2. The van der Waals surface area contributed by atoms with Gasteiger partial charge < -0.3 is 15.4 Å². The smallest absolute Gasteiger partial charge is 0.253 e. The molecule has 0 aliphatic rings. The molecule has 2 N–H and O–H groups in total. The normalized spacial score (nSPS) is 11.2. The van der Waals surface area contributed by atoms with Crippen molar-refractivity contribution in [2.45, 2.75) is 6.42 Å².